The fourth-order valence-corrected chi connectivity index (χ4v) is 1.16. The van der Waals surface area contributed by atoms with E-state index < -0.39 is 0 Å². The Labute approximate surface area is 74.1 Å². The van der Waals surface area contributed by atoms with Crippen LogP contribution in [0, 0.1) is 13.0 Å². The first-order valence-corrected chi connectivity index (χ1v) is 4.13. The maximum Gasteiger partial charge on any atom is 0.119 e. The molecule has 1 radical (unpaired) electrons. The van der Waals surface area contributed by atoms with E-state index >= 15 is 0 Å². The van der Waals surface area contributed by atoms with Crippen LogP contribution in [0.1, 0.15) is 31.9 Å². The van der Waals surface area contributed by atoms with Crippen molar-refractivity contribution in [3.63, 3.8) is 0 Å². The summed E-state index contributed by atoms with van der Waals surface area (Å²) in [7, 11) is 0. The molecule has 1 N–H and O–H groups in total. The molecule has 12 heavy (non-hydrogen) atoms. The van der Waals surface area contributed by atoms with Gasteiger partial charge in [0.15, 0.2) is 0 Å². The molecule has 0 aliphatic carbocycles. The van der Waals surface area contributed by atoms with E-state index in [-0.39, 0.29) is 5.41 Å². The van der Waals surface area contributed by atoms with Crippen LogP contribution < -0.4 is 0 Å². The summed E-state index contributed by atoms with van der Waals surface area (Å²) >= 11 is 0. The number of benzene rings is 1. The molecule has 1 aromatic rings. The first kappa shape index (κ1) is 9.11. The number of aromatic hydroxyl groups is 1. The fourth-order valence-electron chi connectivity index (χ4n) is 1.16. The summed E-state index contributed by atoms with van der Waals surface area (Å²) < 4.78 is 0. The maximum absolute atomic E-state index is 9.54. The van der Waals surface area contributed by atoms with Gasteiger partial charge in [0.25, 0.3) is 0 Å². The van der Waals surface area contributed by atoms with Crippen molar-refractivity contribution in [2.75, 3.05) is 0 Å². The Balaban J connectivity index is 3.23. The molecular formula is C11H15O. The van der Waals surface area contributed by atoms with Gasteiger partial charge in [-0.15, -0.1) is 0 Å². The van der Waals surface area contributed by atoms with Gasteiger partial charge in [-0.25, -0.2) is 0 Å². The zero-order valence-electron chi connectivity index (χ0n) is 8.10. The first-order chi connectivity index (χ1) is 5.41. The summed E-state index contributed by atoms with van der Waals surface area (Å²) in [5.74, 6) is 0.341. The Morgan fingerprint density at radius 1 is 1.25 bits per heavy atom. The second kappa shape index (κ2) is 2.81. The van der Waals surface area contributed by atoms with Crippen LogP contribution in [0.15, 0.2) is 12.1 Å². The van der Waals surface area contributed by atoms with E-state index in [2.05, 4.69) is 26.8 Å². The Hall–Kier alpha value is -0.980. The fraction of sp³-hybridized carbons (Fsp3) is 0.455. The summed E-state index contributed by atoms with van der Waals surface area (Å²) in [6.45, 7) is 8.18. The molecule has 0 amide bonds. The molecule has 0 saturated carbocycles. The summed E-state index contributed by atoms with van der Waals surface area (Å²) in [6, 6.07) is 6.76. The van der Waals surface area contributed by atoms with E-state index in [0.717, 1.165) is 11.1 Å². The number of rotatable bonds is 0. The van der Waals surface area contributed by atoms with E-state index in [4.69, 9.17) is 0 Å². The normalized spacial score (nSPS) is 11.7. The zero-order valence-corrected chi connectivity index (χ0v) is 8.10. The van der Waals surface area contributed by atoms with Crippen molar-refractivity contribution in [2.24, 2.45) is 0 Å². The molecule has 65 valence electrons. The van der Waals surface area contributed by atoms with Gasteiger partial charge >= 0.3 is 0 Å². The van der Waals surface area contributed by atoms with Crippen LogP contribution in [0.2, 0.25) is 0 Å². The molecule has 1 nitrogen and oxygen atoms in total. The third-order valence-corrected chi connectivity index (χ3v) is 1.82. The number of phenols is 1. The quantitative estimate of drug-likeness (QED) is 0.623. The van der Waals surface area contributed by atoms with Gasteiger partial charge in [0.1, 0.15) is 5.75 Å². The zero-order chi connectivity index (χ0) is 9.35. The molecular weight excluding hydrogens is 148 g/mol. The van der Waals surface area contributed by atoms with Crippen molar-refractivity contribution in [3.8, 4) is 5.75 Å². The molecule has 0 bridgehead atoms. The van der Waals surface area contributed by atoms with Crippen molar-refractivity contribution in [1.82, 2.24) is 0 Å². The molecule has 1 aromatic carbocycles. The predicted molar refractivity (Wildman–Crippen MR) is 50.4 cm³/mol. The van der Waals surface area contributed by atoms with Crippen LogP contribution in [-0.2, 0) is 5.41 Å². The number of hydrogen-bond donors (Lipinski definition) is 1. The summed E-state index contributed by atoms with van der Waals surface area (Å²) in [4.78, 5) is 0. The SMILES string of the molecule is Cc1[c]c(C(C)(C)C)c(O)cc1. The molecule has 0 saturated heterocycles. The molecule has 0 aromatic heterocycles. The molecule has 1 rings (SSSR count). The van der Waals surface area contributed by atoms with Crippen LogP contribution in [0.5, 0.6) is 5.75 Å². The minimum Gasteiger partial charge on any atom is -0.508 e. The summed E-state index contributed by atoms with van der Waals surface area (Å²) in [5, 5.41) is 9.54. The Bertz CT molecular complexity index is 282. The van der Waals surface area contributed by atoms with Gasteiger partial charge in [0.2, 0.25) is 0 Å². The first-order valence-electron chi connectivity index (χ1n) is 4.13. The lowest BCUT2D eigenvalue weighted by atomic mass is 9.85. The largest absolute Gasteiger partial charge is 0.508 e. The molecule has 0 spiro atoms. The van der Waals surface area contributed by atoms with Crippen molar-refractivity contribution >= 4 is 0 Å². The highest BCUT2D eigenvalue weighted by Gasteiger charge is 2.17. The number of aryl methyl sites for hydroxylation is 1. The standard InChI is InChI=1S/C11H15O/c1-8-5-6-10(12)9(7-8)11(2,3)4/h5-6,12H,1-4H3. The van der Waals surface area contributed by atoms with Gasteiger partial charge in [-0.1, -0.05) is 26.8 Å². The van der Waals surface area contributed by atoms with Crippen molar-refractivity contribution in [1.29, 1.82) is 0 Å². The van der Waals surface area contributed by atoms with Crippen LogP contribution in [0.25, 0.3) is 0 Å². The molecule has 0 fully saturated rings. The molecule has 0 atom stereocenters. The number of phenolic OH excluding ortho intramolecular Hbond substituents is 1. The number of hydrogen-bond acceptors (Lipinski definition) is 1. The topological polar surface area (TPSA) is 20.2 Å². The van der Waals surface area contributed by atoms with Gasteiger partial charge in [0, 0.05) is 5.56 Å². The van der Waals surface area contributed by atoms with Gasteiger partial charge in [-0.2, -0.15) is 0 Å². The maximum atomic E-state index is 9.54. The van der Waals surface area contributed by atoms with Crippen molar-refractivity contribution in [3.05, 3.63) is 29.3 Å². The third kappa shape index (κ3) is 1.79. The van der Waals surface area contributed by atoms with Crippen LogP contribution >= 0.6 is 0 Å². The third-order valence-electron chi connectivity index (χ3n) is 1.82. The van der Waals surface area contributed by atoms with Crippen molar-refractivity contribution < 1.29 is 5.11 Å². The predicted octanol–water partition coefficient (Wildman–Crippen LogP) is 2.80. The van der Waals surface area contributed by atoms with Crippen LogP contribution in [0.4, 0.5) is 0 Å². The lowest BCUT2D eigenvalue weighted by Gasteiger charge is -2.20. The second-order valence-electron chi connectivity index (χ2n) is 4.15. The average molecular weight is 163 g/mol. The van der Waals surface area contributed by atoms with Crippen LogP contribution in [0.3, 0.4) is 0 Å². The lowest BCUT2D eigenvalue weighted by Crippen LogP contribution is -2.11. The van der Waals surface area contributed by atoms with E-state index in [9.17, 15) is 5.11 Å². The highest BCUT2D eigenvalue weighted by molar-refractivity contribution is 5.38. The van der Waals surface area contributed by atoms with E-state index in [1.165, 1.54) is 0 Å². The Morgan fingerprint density at radius 2 is 1.83 bits per heavy atom. The van der Waals surface area contributed by atoms with Gasteiger partial charge < -0.3 is 5.11 Å². The van der Waals surface area contributed by atoms with Gasteiger partial charge in [-0.05, 0) is 30.0 Å². The molecule has 0 unspecified atom stereocenters. The second-order valence-corrected chi connectivity index (χ2v) is 4.15. The molecule has 0 aliphatic rings. The van der Waals surface area contributed by atoms with E-state index in [1.807, 2.05) is 13.0 Å². The molecule has 0 heterocycles. The Morgan fingerprint density at radius 3 is 2.25 bits per heavy atom. The van der Waals surface area contributed by atoms with Gasteiger partial charge in [0.05, 0.1) is 0 Å². The summed E-state index contributed by atoms with van der Waals surface area (Å²) in [6.07, 6.45) is 0. The van der Waals surface area contributed by atoms with E-state index in [1.54, 1.807) is 6.07 Å². The van der Waals surface area contributed by atoms with Crippen LogP contribution in [-0.4, -0.2) is 5.11 Å². The van der Waals surface area contributed by atoms with Gasteiger partial charge in [-0.3, -0.25) is 0 Å². The summed E-state index contributed by atoms with van der Waals surface area (Å²) in [5.41, 5.74) is 1.93. The van der Waals surface area contributed by atoms with E-state index in [0.29, 0.717) is 5.75 Å². The Kier molecular flexibility index (Phi) is 2.14. The minimum atomic E-state index is -0.0316. The minimum absolute atomic E-state index is 0.0316. The highest BCUT2D eigenvalue weighted by atomic mass is 16.3. The van der Waals surface area contributed by atoms with Crippen molar-refractivity contribution in [2.45, 2.75) is 33.1 Å². The highest BCUT2D eigenvalue weighted by Crippen LogP contribution is 2.30. The lowest BCUT2D eigenvalue weighted by molar-refractivity contribution is 0.446. The smallest absolute Gasteiger partial charge is 0.119 e. The average Bonchev–Trinajstić information content (AvgIpc) is 1.92. The monoisotopic (exact) mass is 163 g/mol. The molecule has 0 aliphatic heterocycles. The molecule has 1 heteroatoms.